The molecule has 0 amide bonds. The molecule has 3 heterocycles. The van der Waals surface area contributed by atoms with E-state index in [9.17, 15) is 0 Å². The van der Waals surface area contributed by atoms with Gasteiger partial charge >= 0.3 is 0 Å². The molecule has 110 valence electrons. The number of halogens is 1. The predicted octanol–water partition coefficient (Wildman–Crippen LogP) is 2.31. The number of piperazine rings is 1. The first-order valence-electron chi connectivity index (χ1n) is 7.39. The average molecular weight is 340 g/mol. The monoisotopic (exact) mass is 339 g/mol. The first-order valence-corrected chi connectivity index (χ1v) is 8.19. The SMILES string of the molecule is Cc1cc(N2CCN(C[C@@H]3CCOC3)CC2)ncc1Br. The molecule has 20 heavy (non-hydrogen) atoms. The molecule has 1 aromatic heterocycles. The summed E-state index contributed by atoms with van der Waals surface area (Å²) in [4.78, 5) is 9.49. The molecule has 1 aromatic rings. The molecule has 0 aromatic carbocycles. The highest BCUT2D eigenvalue weighted by Gasteiger charge is 2.23. The quantitative estimate of drug-likeness (QED) is 0.844. The van der Waals surface area contributed by atoms with Crippen molar-refractivity contribution < 1.29 is 4.74 Å². The molecule has 0 saturated carbocycles. The third-order valence-corrected chi connectivity index (χ3v) is 5.10. The van der Waals surface area contributed by atoms with Crippen molar-refractivity contribution in [2.75, 3.05) is 50.8 Å². The molecule has 2 aliphatic heterocycles. The van der Waals surface area contributed by atoms with Gasteiger partial charge in [0.1, 0.15) is 5.82 Å². The Morgan fingerprint density at radius 3 is 2.80 bits per heavy atom. The van der Waals surface area contributed by atoms with Crippen LogP contribution in [0.15, 0.2) is 16.7 Å². The lowest BCUT2D eigenvalue weighted by Crippen LogP contribution is -2.48. The maximum absolute atomic E-state index is 5.46. The van der Waals surface area contributed by atoms with Gasteiger partial charge < -0.3 is 9.64 Å². The summed E-state index contributed by atoms with van der Waals surface area (Å²) in [6, 6.07) is 2.17. The highest BCUT2D eigenvalue weighted by molar-refractivity contribution is 9.10. The highest BCUT2D eigenvalue weighted by Crippen LogP contribution is 2.21. The van der Waals surface area contributed by atoms with Gasteiger partial charge in [0.25, 0.3) is 0 Å². The molecule has 0 bridgehead atoms. The Balaban J connectivity index is 1.53. The van der Waals surface area contributed by atoms with E-state index in [4.69, 9.17) is 4.74 Å². The Bertz CT molecular complexity index is 454. The molecule has 3 rings (SSSR count). The van der Waals surface area contributed by atoms with E-state index in [0.29, 0.717) is 0 Å². The van der Waals surface area contributed by atoms with Crippen LogP contribution in [0.1, 0.15) is 12.0 Å². The molecule has 2 fully saturated rings. The van der Waals surface area contributed by atoms with E-state index in [0.717, 1.165) is 55.6 Å². The lowest BCUT2D eigenvalue weighted by molar-refractivity contribution is 0.164. The number of hydrogen-bond acceptors (Lipinski definition) is 4. The Morgan fingerprint density at radius 1 is 1.35 bits per heavy atom. The Kier molecular flexibility index (Phi) is 4.58. The second kappa shape index (κ2) is 6.41. The van der Waals surface area contributed by atoms with Crippen molar-refractivity contribution in [3.8, 4) is 0 Å². The minimum absolute atomic E-state index is 0.745. The van der Waals surface area contributed by atoms with Crippen LogP contribution in [0, 0.1) is 12.8 Å². The summed E-state index contributed by atoms with van der Waals surface area (Å²) in [6.07, 6.45) is 3.14. The van der Waals surface area contributed by atoms with Crippen molar-refractivity contribution in [3.05, 3.63) is 22.3 Å². The van der Waals surface area contributed by atoms with Crippen LogP contribution in [-0.4, -0.2) is 55.8 Å². The Labute approximate surface area is 129 Å². The first-order chi connectivity index (χ1) is 9.72. The minimum atomic E-state index is 0.745. The second-order valence-electron chi connectivity index (χ2n) is 5.81. The fourth-order valence-electron chi connectivity index (χ4n) is 2.95. The highest BCUT2D eigenvalue weighted by atomic mass is 79.9. The molecular weight excluding hydrogens is 318 g/mol. The zero-order valence-corrected chi connectivity index (χ0v) is 13.6. The van der Waals surface area contributed by atoms with Crippen molar-refractivity contribution in [3.63, 3.8) is 0 Å². The summed E-state index contributed by atoms with van der Waals surface area (Å²) in [5.74, 6) is 1.85. The van der Waals surface area contributed by atoms with Crippen molar-refractivity contribution >= 4 is 21.7 Å². The maximum Gasteiger partial charge on any atom is 0.128 e. The Morgan fingerprint density at radius 2 is 2.15 bits per heavy atom. The van der Waals surface area contributed by atoms with E-state index in [1.165, 1.54) is 18.5 Å². The molecule has 1 atom stereocenters. The van der Waals surface area contributed by atoms with Gasteiger partial charge in [-0.15, -0.1) is 0 Å². The molecule has 0 N–H and O–H groups in total. The van der Waals surface area contributed by atoms with Gasteiger partial charge in [0.15, 0.2) is 0 Å². The van der Waals surface area contributed by atoms with Crippen LogP contribution in [0.5, 0.6) is 0 Å². The summed E-state index contributed by atoms with van der Waals surface area (Å²) >= 11 is 3.51. The molecule has 2 aliphatic rings. The summed E-state index contributed by atoms with van der Waals surface area (Å²) < 4.78 is 6.55. The number of hydrogen-bond donors (Lipinski definition) is 0. The zero-order valence-electron chi connectivity index (χ0n) is 12.0. The standard InChI is InChI=1S/C15H22BrN3O/c1-12-8-15(17-9-14(12)16)19-5-3-18(4-6-19)10-13-2-7-20-11-13/h8-9,13H,2-7,10-11H2,1H3/t13-/m0/s1. The molecular formula is C15H22BrN3O. The van der Waals surface area contributed by atoms with Crippen LogP contribution in [0.4, 0.5) is 5.82 Å². The zero-order chi connectivity index (χ0) is 13.9. The van der Waals surface area contributed by atoms with Gasteiger partial charge in [-0.1, -0.05) is 0 Å². The first kappa shape index (κ1) is 14.3. The van der Waals surface area contributed by atoms with Crippen LogP contribution < -0.4 is 4.90 Å². The molecule has 5 heteroatoms. The summed E-state index contributed by atoms with van der Waals surface area (Å²) in [5.41, 5.74) is 1.25. The molecule has 4 nitrogen and oxygen atoms in total. The lowest BCUT2D eigenvalue weighted by atomic mass is 10.1. The maximum atomic E-state index is 5.46. The largest absolute Gasteiger partial charge is 0.381 e. The second-order valence-corrected chi connectivity index (χ2v) is 6.66. The Hall–Kier alpha value is -0.650. The number of aromatic nitrogens is 1. The molecule has 2 saturated heterocycles. The van der Waals surface area contributed by atoms with Crippen molar-refractivity contribution in [2.45, 2.75) is 13.3 Å². The smallest absolute Gasteiger partial charge is 0.128 e. The summed E-state index contributed by atoms with van der Waals surface area (Å²) in [6.45, 7) is 9.62. The van der Waals surface area contributed by atoms with Crippen molar-refractivity contribution in [2.24, 2.45) is 5.92 Å². The van der Waals surface area contributed by atoms with Crippen LogP contribution in [0.3, 0.4) is 0 Å². The van der Waals surface area contributed by atoms with Gasteiger partial charge in [-0.2, -0.15) is 0 Å². The van der Waals surface area contributed by atoms with Gasteiger partial charge in [0.05, 0.1) is 6.61 Å². The predicted molar refractivity (Wildman–Crippen MR) is 84.3 cm³/mol. The fraction of sp³-hybridized carbons (Fsp3) is 0.667. The van der Waals surface area contributed by atoms with Crippen molar-refractivity contribution in [1.29, 1.82) is 0 Å². The number of ether oxygens (including phenoxy) is 1. The van der Waals surface area contributed by atoms with Crippen LogP contribution >= 0.6 is 15.9 Å². The van der Waals surface area contributed by atoms with Gasteiger partial charge in [0.2, 0.25) is 0 Å². The van der Waals surface area contributed by atoms with Crippen LogP contribution in [0.2, 0.25) is 0 Å². The normalized spacial score (nSPS) is 24.3. The topological polar surface area (TPSA) is 28.6 Å². The van der Waals surface area contributed by atoms with Gasteiger partial charge in [-0.05, 0) is 46.8 Å². The van der Waals surface area contributed by atoms with E-state index in [1.54, 1.807) is 0 Å². The van der Waals surface area contributed by atoms with Crippen LogP contribution in [-0.2, 0) is 4.74 Å². The third-order valence-electron chi connectivity index (χ3n) is 4.27. The number of aryl methyl sites for hydroxylation is 1. The average Bonchev–Trinajstić information content (AvgIpc) is 2.96. The summed E-state index contributed by atoms with van der Waals surface area (Å²) in [7, 11) is 0. The molecule has 0 spiro atoms. The van der Waals surface area contributed by atoms with Crippen LogP contribution in [0.25, 0.3) is 0 Å². The van der Waals surface area contributed by atoms with E-state index in [-0.39, 0.29) is 0 Å². The number of pyridine rings is 1. The molecule has 0 unspecified atom stereocenters. The van der Waals surface area contributed by atoms with Gasteiger partial charge in [-0.25, -0.2) is 4.98 Å². The number of anilines is 1. The number of nitrogens with zero attached hydrogens (tertiary/aromatic N) is 3. The van der Waals surface area contributed by atoms with E-state index < -0.39 is 0 Å². The van der Waals surface area contributed by atoms with E-state index in [2.05, 4.69) is 43.7 Å². The molecule has 0 aliphatic carbocycles. The van der Waals surface area contributed by atoms with Gasteiger partial charge in [0, 0.05) is 50.0 Å². The minimum Gasteiger partial charge on any atom is -0.381 e. The molecule has 0 radical (unpaired) electrons. The van der Waals surface area contributed by atoms with Gasteiger partial charge in [-0.3, -0.25) is 4.90 Å². The third kappa shape index (κ3) is 3.32. The lowest BCUT2D eigenvalue weighted by Gasteiger charge is -2.36. The number of rotatable bonds is 3. The van der Waals surface area contributed by atoms with Crippen molar-refractivity contribution in [1.82, 2.24) is 9.88 Å². The van der Waals surface area contributed by atoms with E-state index in [1.807, 2.05) is 6.20 Å². The summed E-state index contributed by atoms with van der Waals surface area (Å²) in [5, 5.41) is 0. The van der Waals surface area contributed by atoms with E-state index >= 15 is 0 Å². The fourth-order valence-corrected chi connectivity index (χ4v) is 3.17.